The molecule has 1 heteroatoms. The SMILES string of the molecule is CNC(CC1CC1)C1CCCc2ccccc21. The first-order valence-electron chi connectivity index (χ1n) is 7.13. The third-order valence-electron chi connectivity index (χ3n) is 4.56. The summed E-state index contributed by atoms with van der Waals surface area (Å²) in [6.07, 6.45) is 8.33. The van der Waals surface area contributed by atoms with Crippen molar-refractivity contribution in [2.75, 3.05) is 7.05 Å². The van der Waals surface area contributed by atoms with Crippen LogP contribution in [-0.2, 0) is 6.42 Å². The Morgan fingerprint density at radius 3 is 2.82 bits per heavy atom. The van der Waals surface area contributed by atoms with Crippen molar-refractivity contribution < 1.29 is 0 Å². The molecule has 1 N–H and O–H groups in total. The van der Waals surface area contributed by atoms with E-state index < -0.39 is 0 Å². The Morgan fingerprint density at radius 1 is 1.24 bits per heavy atom. The van der Waals surface area contributed by atoms with Crippen LogP contribution in [0.1, 0.15) is 49.1 Å². The smallest absolute Gasteiger partial charge is 0.0135 e. The van der Waals surface area contributed by atoms with Gasteiger partial charge in [-0.15, -0.1) is 0 Å². The molecule has 2 unspecified atom stereocenters. The largest absolute Gasteiger partial charge is 0.316 e. The van der Waals surface area contributed by atoms with Crippen LogP contribution in [0.25, 0.3) is 0 Å². The maximum absolute atomic E-state index is 3.58. The Morgan fingerprint density at radius 2 is 2.06 bits per heavy atom. The highest BCUT2D eigenvalue weighted by atomic mass is 14.9. The fourth-order valence-corrected chi connectivity index (χ4v) is 3.41. The number of nitrogens with one attached hydrogen (secondary N) is 1. The van der Waals surface area contributed by atoms with Crippen molar-refractivity contribution >= 4 is 0 Å². The van der Waals surface area contributed by atoms with Gasteiger partial charge in [0.15, 0.2) is 0 Å². The second-order valence-electron chi connectivity index (χ2n) is 5.77. The van der Waals surface area contributed by atoms with Crippen LogP contribution in [0, 0.1) is 5.92 Å². The van der Waals surface area contributed by atoms with E-state index in [1.807, 2.05) is 0 Å². The lowest BCUT2D eigenvalue weighted by atomic mass is 9.77. The average molecular weight is 229 g/mol. The number of hydrogen-bond donors (Lipinski definition) is 1. The van der Waals surface area contributed by atoms with Gasteiger partial charge < -0.3 is 5.32 Å². The zero-order valence-corrected chi connectivity index (χ0v) is 10.8. The van der Waals surface area contributed by atoms with Gasteiger partial charge in [0.1, 0.15) is 0 Å². The molecule has 1 aromatic carbocycles. The van der Waals surface area contributed by atoms with Gasteiger partial charge in [0.25, 0.3) is 0 Å². The Hall–Kier alpha value is -0.820. The predicted molar refractivity (Wildman–Crippen MR) is 72.3 cm³/mol. The number of fused-ring (bicyclic) bond motifs is 1. The molecule has 0 spiro atoms. The van der Waals surface area contributed by atoms with Crippen molar-refractivity contribution in [3.05, 3.63) is 35.4 Å². The van der Waals surface area contributed by atoms with Gasteiger partial charge >= 0.3 is 0 Å². The molecule has 92 valence electrons. The van der Waals surface area contributed by atoms with Crippen LogP contribution in [0.4, 0.5) is 0 Å². The summed E-state index contributed by atoms with van der Waals surface area (Å²) in [5.74, 6) is 1.77. The quantitative estimate of drug-likeness (QED) is 0.833. The van der Waals surface area contributed by atoms with Gasteiger partial charge in [-0.05, 0) is 55.7 Å². The molecule has 3 rings (SSSR count). The first-order valence-corrected chi connectivity index (χ1v) is 7.13. The van der Waals surface area contributed by atoms with Crippen LogP contribution in [-0.4, -0.2) is 13.1 Å². The molecule has 0 aromatic heterocycles. The molecule has 0 radical (unpaired) electrons. The summed E-state index contributed by atoms with van der Waals surface area (Å²) in [5.41, 5.74) is 3.22. The molecule has 2 atom stereocenters. The van der Waals surface area contributed by atoms with Crippen molar-refractivity contribution in [1.82, 2.24) is 5.32 Å². The van der Waals surface area contributed by atoms with Crippen LogP contribution in [0.5, 0.6) is 0 Å². The van der Waals surface area contributed by atoms with Gasteiger partial charge in [-0.2, -0.15) is 0 Å². The van der Waals surface area contributed by atoms with E-state index in [1.165, 1.54) is 38.5 Å². The van der Waals surface area contributed by atoms with E-state index >= 15 is 0 Å². The second-order valence-corrected chi connectivity index (χ2v) is 5.77. The van der Waals surface area contributed by atoms with E-state index in [1.54, 1.807) is 11.1 Å². The molecule has 17 heavy (non-hydrogen) atoms. The van der Waals surface area contributed by atoms with Gasteiger partial charge in [0.05, 0.1) is 0 Å². The second kappa shape index (κ2) is 4.81. The Kier molecular flexibility index (Phi) is 3.19. The molecular formula is C16H23N. The van der Waals surface area contributed by atoms with Crippen LogP contribution < -0.4 is 5.32 Å². The van der Waals surface area contributed by atoms with E-state index in [0.717, 1.165) is 11.8 Å². The van der Waals surface area contributed by atoms with Crippen LogP contribution >= 0.6 is 0 Å². The van der Waals surface area contributed by atoms with Gasteiger partial charge in [0.2, 0.25) is 0 Å². The topological polar surface area (TPSA) is 12.0 Å². The number of benzene rings is 1. The third kappa shape index (κ3) is 2.40. The molecule has 1 saturated carbocycles. The fourth-order valence-electron chi connectivity index (χ4n) is 3.41. The van der Waals surface area contributed by atoms with Gasteiger partial charge in [-0.1, -0.05) is 37.1 Å². The minimum atomic E-state index is 0.698. The van der Waals surface area contributed by atoms with E-state index in [-0.39, 0.29) is 0 Å². The van der Waals surface area contributed by atoms with E-state index in [9.17, 15) is 0 Å². The van der Waals surface area contributed by atoms with Crippen molar-refractivity contribution in [1.29, 1.82) is 0 Å². The number of aryl methyl sites for hydroxylation is 1. The van der Waals surface area contributed by atoms with Gasteiger partial charge in [-0.25, -0.2) is 0 Å². The summed E-state index contributed by atoms with van der Waals surface area (Å²) >= 11 is 0. The summed E-state index contributed by atoms with van der Waals surface area (Å²) in [6.45, 7) is 0. The highest BCUT2D eigenvalue weighted by molar-refractivity contribution is 5.33. The molecule has 0 bridgehead atoms. The summed E-state index contributed by atoms with van der Waals surface area (Å²) in [4.78, 5) is 0. The molecular weight excluding hydrogens is 206 g/mol. The van der Waals surface area contributed by atoms with Crippen LogP contribution in [0.15, 0.2) is 24.3 Å². The molecule has 2 aliphatic carbocycles. The molecule has 0 amide bonds. The zero-order chi connectivity index (χ0) is 11.7. The number of likely N-dealkylation sites (N-methyl/N-ethyl adjacent to an activating group) is 1. The maximum atomic E-state index is 3.58. The lowest BCUT2D eigenvalue weighted by molar-refractivity contribution is 0.379. The van der Waals surface area contributed by atoms with Crippen LogP contribution in [0.3, 0.4) is 0 Å². The number of hydrogen-bond acceptors (Lipinski definition) is 1. The summed E-state index contributed by atoms with van der Waals surface area (Å²) < 4.78 is 0. The Bertz CT molecular complexity index is 381. The van der Waals surface area contributed by atoms with Crippen molar-refractivity contribution in [3.63, 3.8) is 0 Å². The number of rotatable bonds is 4. The standard InChI is InChI=1S/C16H23N/c1-17-16(11-12-9-10-12)15-8-4-6-13-5-2-3-7-14(13)15/h2-3,5,7,12,15-17H,4,6,8-11H2,1H3. The highest BCUT2D eigenvalue weighted by Crippen LogP contribution is 2.40. The van der Waals surface area contributed by atoms with Crippen LogP contribution in [0.2, 0.25) is 0 Å². The predicted octanol–water partition coefficient (Wildman–Crippen LogP) is 3.49. The maximum Gasteiger partial charge on any atom is 0.0135 e. The van der Waals surface area contributed by atoms with E-state index in [4.69, 9.17) is 0 Å². The first kappa shape index (κ1) is 11.3. The summed E-state index contributed by atoms with van der Waals surface area (Å²) in [7, 11) is 2.14. The minimum absolute atomic E-state index is 0.698. The zero-order valence-electron chi connectivity index (χ0n) is 10.8. The van der Waals surface area contributed by atoms with Crippen molar-refractivity contribution in [2.45, 2.75) is 50.5 Å². The highest BCUT2D eigenvalue weighted by Gasteiger charge is 2.31. The molecule has 0 heterocycles. The molecule has 2 aliphatic rings. The molecule has 1 nitrogen and oxygen atoms in total. The van der Waals surface area contributed by atoms with Gasteiger partial charge in [0, 0.05) is 6.04 Å². The molecule has 0 saturated heterocycles. The van der Waals surface area contributed by atoms with E-state index in [2.05, 4.69) is 36.6 Å². The summed E-state index contributed by atoms with van der Waals surface area (Å²) in [5, 5.41) is 3.58. The van der Waals surface area contributed by atoms with Gasteiger partial charge in [-0.3, -0.25) is 0 Å². The monoisotopic (exact) mass is 229 g/mol. The average Bonchev–Trinajstić information content (AvgIpc) is 3.19. The fraction of sp³-hybridized carbons (Fsp3) is 0.625. The van der Waals surface area contributed by atoms with E-state index in [0.29, 0.717) is 6.04 Å². The van der Waals surface area contributed by atoms with Crippen molar-refractivity contribution in [3.8, 4) is 0 Å². The summed E-state index contributed by atoms with van der Waals surface area (Å²) in [6, 6.07) is 9.78. The third-order valence-corrected chi connectivity index (χ3v) is 4.56. The van der Waals surface area contributed by atoms with Crippen molar-refractivity contribution in [2.24, 2.45) is 5.92 Å². The first-order chi connectivity index (χ1) is 8.38. The Balaban J connectivity index is 1.82. The lowest BCUT2D eigenvalue weighted by Gasteiger charge is -2.32. The normalized spacial score (nSPS) is 25.4. The Labute approximate surface area is 105 Å². The minimum Gasteiger partial charge on any atom is -0.316 e. The molecule has 0 aliphatic heterocycles. The molecule has 1 fully saturated rings. The lowest BCUT2D eigenvalue weighted by Crippen LogP contribution is -2.34. The molecule has 1 aromatic rings.